The van der Waals surface area contributed by atoms with Gasteiger partial charge in [0.25, 0.3) is 0 Å². The van der Waals surface area contributed by atoms with Crippen molar-refractivity contribution in [1.29, 1.82) is 0 Å². The summed E-state index contributed by atoms with van der Waals surface area (Å²) in [5, 5.41) is 0.772. The molecule has 0 unspecified atom stereocenters. The average molecular weight is 410 g/mol. The molecule has 0 aliphatic carbocycles. The van der Waals surface area contributed by atoms with Crippen LogP contribution in [0.2, 0.25) is 0 Å². The Labute approximate surface area is 175 Å². The summed E-state index contributed by atoms with van der Waals surface area (Å²) in [5.41, 5.74) is 0.576. The molecule has 0 radical (unpaired) electrons. The molecule has 0 spiro atoms. The molecular weight excluding hydrogens is 384 g/mol. The third-order valence-corrected chi connectivity index (χ3v) is 4.67. The summed E-state index contributed by atoms with van der Waals surface area (Å²) in [6.07, 6.45) is 3.42. The predicted octanol–water partition coefficient (Wildman–Crippen LogP) is 3.77. The van der Waals surface area contributed by atoms with E-state index in [-0.39, 0.29) is 0 Å². The van der Waals surface area contributed by atoms with Crippen molar-refractivity contribution in [2.45, 2.75) is 32.4 Å². The van der Waals surface area contributed by atoms with Gasteiger partial charge in [-0.2, -0.15) is 0 Å². The highest BCUT2D eigenvalue weighted by Gasteiger charge is 2.41. The maximum atomic E-state index is 13.1. The van der Waals surface area contributed by atoms with Crippen molar-refractivity contribution in [2.24, 2.45) is 5.92 Å². The lowest BCUT2D eigenvalue weighted by molar-refractivity contribution is -0.169. The van der Waals surface area contributed by atoms with Gasteiger partial charge in [-0.3, -0.25) is 9.59 Å². The number of hydrogen-bond donors (Lipinski definition) is 0. The largest absolute Gasteiger partial charge is 0.496 e. The first-order valence-electron chi connectivity index (χ1n) is 9.62. The highest BCUT2D eigenvalue weighted by atomic mass is 16.6. The third-order valence-electron chi connectivity index (χ3n) is 4.67. The summed E-state index contributed by atoms with van der Waals surface area (Å²) >= 11 is 0. The fourth-order valence-electron chi connectivity index (χ4n) is 3.45. The molecule has 0 saturated heterocycles. The number of nitrogens with zero attached hydrogens (tertiary/aromatic N) is 2. The van der Waals surface area contributed by atoms with Crippen LogP contribution in [0.15, 0.2) is 54.9 Å². The van der Waals surface area contributed by atoms with Gasteiger partial charge in [-0.15, -0.1) is 0 Å². The van der Waals surface area contributed by atoms with Gasteiger partial charge in [0.15, 0.2) is 5.92 Å². The van der Waals surface area contributed by atoms with Crippen LogP contribution in [0.1, 0.15) is 32.4 Å². The number of carbonyl (C=O) groups is 2. The van der Waals surface area contributed by atoms with Crippen LogP contribution in [0, 0.1) is 5.92 Å². The minimum Gasteiger partial charge on any atom is -0.496 e. The van der Waals surface area contributed by atoms with E-state index in [1.807, 2.05) is 36.4 Å². The molecule has 0 fully saturated rings. The van der Waals surface area contributed by atoms with Crippen LogP contribution in [0.4, 0.5) is 0 Å². The molecule has 7 nitrogen and oxygen atoms in total. The van der Waals surface area contributed by atoms with Gasteiger partial charge in [-0.25, -0.2) is 4.98 Å². The zero-order valence-corrected chi connectivity index (χ0v) is 17.8. The molecule has 0 aliphatic rings. The number of carbonyl (C=O) groups excluding carboxylic acids is 2. The minimum absolute atomic E-state index is 0.584. The fraction of sp³-hybridized carbons (Fsp3) is 0.348. The molecule has 0 N–H and O–H groups in total. The van der Waals surface area contributed by atoms with Gasteiger partial charge < -0.3 is 18.8 Å². The average Bonchev–Trinajstić information content (AvgIpc) is 3.14. The number of pyridine rings is 1. The van der Waals surface area contributed by atoms with E-state index in [9.17, 15) is 9.59 Å². The Morgan fingerprint density at radius 1 is 1.00 bits per heavy atom. The molecule has 7 heteroatoms. The highest BCUT2D eigenvalue weighted by molar-refractivity contribution is 5.96. The maximum absolute atomic E-state index is 13.1. The lowest BCUT2D eigenvalue weighted by Crippen LogP contribution is -2.39. The number of hydrogen-bond acceptors (Lipinski definition) is 6. The van der Waals surface area contributed by atoms with Crippen molar-refractivity contribution in [3.8, 4) is 5.75 Å². The van der Waals surface area contributed by atoms with E-state index < -0.39 is 29.5 Å². The molecule has 158 valence electrons. The SMILES string of the molecule is COC(=O)[C@H](C(=O)OC(C)(C)C)[C@@H](c1ccccc1)n1ccc2c(OC)ccnc21. The molecule has 30 heavy (non-hydrogen) atoms. The van der Waals surface area contributed by atoms with E-state index in [0.717, 1.165) is 10.9 Å². The van der Waals surface area contributed by atoms with Crippen LogP contribution >= 0.6 is 0 Å². The van der Waals surface area contributed by atoms with Crippen LogP contribution in [0.25, 0.3) is 11.0 Å². The second-order valence-corrected chi connectivity index (χ2v) is 7.86. The molecule has 0 bridgehead atoms. The van der Waals surface area contributed by atoms with Gasteiger partial charge in [0.1, 0.15) is 17.0 Å². The van der Waals surface area contributed by atoms with Crippen LogP contribution < -0.4 is 4.74 Å². The topological polar surface area (TPSA) is 79.7 Å². The third kappa shape index (κ3) is 4.30. The van der Waals surface area contributed by atoms with Crippen LogP contribution in [0.5, 0.6) is 5.75 Å². The monoisotopic (exact) mass is 410 g/mol. The Morgan fingerprint density at radius 2 is 1.70 bits per heavy atom. The van der Waals surface area contributed by atoms with E-state index >= 15 is 0 Å². The standard InChI is InChI=1S/C23H26N2O5/c1-23(2,3)30-22(27)18(21(26)29-5)19(15-9-7-6-8-10-15)25-14-12-16-17(28-4)11-13-24-20(16)25/h6-14,18-19H,1-5H3/t18-,19-/m1/s1. The molecule has 2 atom stereocenters. The van der Waals surface area contributed by atoms with Crippen molar-refractivity contribution in [2.75, 3.05) is 14.2 Å². The normalized spacial score (nSPS) is 13.5. The number of ether oxygens (including phenoxy) is 3. The zero-order valence-electron chi connectivity index (χ0n) is 17.8. The maximum Gasteiger partial charge on any atom is 0.323 e. The van der Waals surface area contributed by atoms with Crippen LogP contribution in [-0.4, -0.2) is 41.3 Å². The van der Waals surface area contributed by atoms with Gasteiger partial charge >= 0.3 is 11.9 Å². The lowest BCUT2D eigenvalue weighted by Gasteiger charge is -2.29. The molecule has 1 aromatic carbocycles. The Kier molecular flexibility index (Phi) is 6.10. The Balaban J connectivity index is 2.22. The van der Waals surface area contributed by atoms with Crippen molar-refractivity contribution < 1.29 is 23.8 Å². The number of benzene rings is 1. The summed E-state index contributed by atoms with van der Waals surface area (Å²) in [4.78, 5) is 30.5. The van der Waals surface area contributed by atoms with Gasteiger partial charge in [0.2, 0.25) is 0 Å². The summed E-state index contributed by atoms with van der Waals surface area (Å²) in [5.74, 6) is -1.91. The lowest BCUT2D eigenvalue weighted by atomic mass is 9.92. The summed E-state index contributed by atoms with van der Waals surface area (Å²) in [6.45, 7) is 5.27. The number of aromatic nitrogens is 2. The minimum atomic E-state index is -1.22. The Bertz CT molecular complexity index is 1040. The van der Waals surface area contributed by atoms with Crippen LogP contribution in [-0.2, 0) is 19.1 Å². The molecular formula is C23H26N2O5. The number of fused-ring (bicyclic) bond motifs is 1. The highest BCUT2D eigenvalue weighted by Crippen LogP contribution is 2.35. The number of rotatable bonds is 6. The molecule has 3 aromatic rings. The summed E-state index contributed by atoms with van der Waals surface area (Å²) < 4.78 is 17.8. The van der Waals surface area contributed by atoms with Crippen molar-refractivity contribution in [3.63, 3.8) is 0 Å². The van der Waals surface area contributed by atoms with Crippen molar-refractivity contribution in [1.82, 2.24) is 9.55 Å². The molecule has 3 rings (SSSR count). The van der Waals surface area contributed by atoms with E-state index in [0.29, 0.717) is 11.4 Å². The van der Waals surface area contributed by atoms with E-state index in [4.69, 9.17) is 14.2 Å². The van der Waals surface area contributed by atoms with E-state index in [1.54, 1.807) is 50.9 Å². The van der Waals surface area contributed by atoms with Crippen LogP contribution in [0.3, 0.4) is 0 Å². The molecule has 2 heterocycles. The molecule has 0 aliphatic heterocycles. The first kappa shape index (κ1) is 21.4. The summed E-state index contributed by atoms with van der Waals surface area (Å²) in [6, 6.07) is 12.2. The predicted molar refractivity (Wildman–Crippen MR) is 112 cm³/mol. The molecule has 0 saturated carbocycles. The number of esters is 2. The quantitative estimate of drug-likeness (QED) is 0.455. The fourth-order valence-corrected chi connectivity index (χ4v) is 3.45. The Morgan fingerprint density at radius 3 is 2.30 bits per heavy atom. The van der Waals surface area contributed by atoms with Gasteiger partial charge in [0.05, 0.1) is 25.6 Å². The second-order valence-electron chi connectivity index (χ2n) is 7.86. The molecule has 0 amide bonds. The van der Waals surface area contributed by atoms with E-state index in [2.05, 4.69) is 4.98 Å². The summed E-state index contributed by atoms with van der Waals surface area (Å²) in [7, 11) is 2.84. The van der Waals surface area contributed by atoms with Gasteiger partial charge in [0, 0.05) is 12.4 Å². The zero-order chi connectivity index (χ0) is 21.9. The Hall–Kier alpha value is -3.35. The van der Waals surface area contributed by atoms with E-state index in [1.165, 1.54) is 7.11 Å². The van der Waals surface area contributed by atoms with Gasteiger partial charge in [-0.05, 0) is 38.5 Å². The first-order valence-corrected chi connectivity index (χ1v) is 9.62. The van der Waals surface area contributed by atoms with Crippen molar-refractivity contribution >= 4 is 23.0 Å². The molecule has 2 aromatic heterocycles. The van der Waals surface area contributed by atoms with Crippen molar-refractivity contribution in [3.05, 3.63) is 60.4 Å². The smallest absolute Gasteiger partial charge is 0.323 e. The van der Waals surface area contributed by atoms with Gasteiger partial charge in [-0.1, -0.05) is 30.3 Å². The second kappa shape index (κ2) is 8.57. The number of methoxy groups -OCH3 is 2. The first-order chi connectivity index (χ1) is 14.3.